The first-order chi connectivity index (χ1) is 14.5. The van der Waals surface area contributed by atoms with Gasteiger partial charge in [0, 0.05) is 43.2 Å². The first kappa shape index (κ1) is 20.0. The van der Waals surface area contributed by atoms with Gasteiger partial charge in [-0.25, -0.2) is 4.79 Å². The van der Waals surface area contributed by atoms with E-state index in [-0.39, 0.29) is 6.03 Å². The summed E-state index contributed by atoms with van der Waals surface area (Å²) in [6, 6.07) is 18.6. The van der Waals surface area contributed by atoms with Gasteiger partial charge in [-0.3, -0.25) is 4.68 Å². The number of hydrogen-bond donors (Lipinski definition) is 1. The lowest BCUT2D eigenvalue weighted by atomic mass is 10.2. The first-order valence-electron chi connectivity index (χ1n) is 10.5. The van der Waals surface area contributed by atoms with Gasteiger partial charge < -0.3 is 15.1 Å². The summed E-state index contributed by atoms with van der Waals surface area (Å²) in [5.74, 6) is 0. The van der Waals surface area contributed by atoms with Crippen LogP contribution < -0.4 is 10.2 Å². The topological polar surface area (TPSA) is 53.4 Å². The Bertz CT molecular complexity index is 1030. The van der Waals surface area contributed by atoms with Crippen LogP contribution in [-0.4, -0.2) is 46.9 Å². The van der Waals surface area contributed by atoms with Crippen molar-refractivity contribution in [3.8, 4) is 0 Å². The summed E-state index contributed by atoms with van der Waals surface area (Å²) in [5.41, 5.74) is 6.57. The van der Waals surface area contributed by atoms with Crippen molar-refractivity contribution < 1.29 is 4.79 Å². The van der Waals surface area contributed by atoms with Crippen molar-refractivity contribution in [1.29, 1.82) is 0 Å². The van der Waals surface area contributed by atoms with Gasteiger partial charge in [0.2, 0.25) is 0 Å². The minimum absolute atomic E-state index is 0.0397. The average molecular weight is 404 g/mol. The van der Waals surface area contributed by atoms with Gasteiger partial charge in [0.25, 0.3) is 0 Å². The van der Waals surface area contributed by atoms with Crippen LogP contribution in [0.4, 0.5) is 16.2 Å². The van der Waals surface area contributed by atoms with E-state index in [1.54, 1.807) is 0 Å². The number of aryl methyl sites for hydroxylation is 3. The lowest BCUT2D eigenvalue weighted by Gasteiger charge is -2.36. The number of carbonyl (C=O) groups excluding carboxylic acids is 1. The molecule has 30 heavy (non-hydrogen) atoms. The molecular formula is C24H29N5O. The number of benzene rings is 2. The third kappa shape index (κ3) is 4.64. The number of piperazine rings is 1. The van der Waals surface area contributed by atoms with Crippen LogP contribution in [0.25, 0.3) is 0 Å². The highest BCUT2D eigenvalue weighted by Gasteiger charge is 2.21. The molecule has 2 aromatic carbocycles. The first-order valence-corrected chi connectivity index (χ1v) is 10.5. The van der Waals surface area contributed by atoms with E-state index in [2.05, 4.69) is 65.6 Å². The second-order valence-corrected chi connectivity index (χ2v) is 8.03. The van der Waals surface area contributed by atoms with Crippen molar-refractivity contribution >= 4 is 17.4 Å². The Balaban J connectivity index is 1.35. The molecule has 0 atom stereocenters. The van der Waals surface area contributed by atoms with Crippen molar-refractivity contribution in [1.82, 2.24) is 14.7 Å². The number of urea groups is 1. The molecule has 4 rings (SSSR count). The highest BCUT2D eigenvalue weighted by molar-refractivity contribution is 5.89. The summed E-state index contributed by atoms with van der Waals surface area (Å²) in [7, 11) is 0. The predicted octanol–water partition coefficient (Wildman–Crippen LogP) is 4.21. The van der Waals surface area contributed by atoms with E-state index in [1.165, 1.54) is 11.3 Å². The summed E-state index contributed by atoms with van der Waals surface area (Å²) in [6.07, 6.45) is 0. The van der Waals surface area contributed by atoms with Crippen LogP contribution in [0.1, 0.15) is 22.5 Å². The Morgan fingerprint density at radius 2 is 1.73 bits per heavy atom. The van der Waals surface area contributed by atoms with Gasteiger partial charge in [0.05, 0.1) is 12.2 Å². The van der Waals surface area contributed by atoms with E-state index in [4.69, 9.17) is 0 Å². The molecule has 3 aromatic rings. The molecule has 6 heteroatoms. The van der Waals surface area contributed by atoms with Crippen LogP contribution in [0.5, 0.6) is 0 Å². The molecule has 2 heterocycles. The number of nitrogens with zero attached hydrogens (tertiary/aromatic N) is 4. The lowest BCUT2D eigenvalue weighted by Crippen LogP contribution is -2.50. The Morgan fingerprint density at radius 3 is 2.43 bits per heavy atom. The number of nitrogens with one attached hydrogen (secondary N) is 1. The largest absolute Gasteiger partial charge is 0.368 e. The van der Waals surface area contributed by atoms with Crippen molar-refractivity contribution in [3.63, 3.8) is 0 Å². The fourth-order valence-electron chi connectivity index (χ4n) is 3.95. The monoisotopic (exact) mass is 403 g/mol. The molecule has 0 unspecified atom stereocenters. The van der Waals surface area contributed by atoms with E-state index in [0.29, 0.717) is 19.6 Å². The summed E-state index contributed by atoms with van der Waals surface area (Å²) in [4.78, 5) is 17.0. The molecule has 0 saturated carbocycles. The van der Waals surface area contributed by atoms with Gasteiger partial charge in [-0.2, -0.15) is 5.10 Å². The number of amides is 2. The van der Waals surface area contributed by atoms with Crippen LogP contribution in [0, 0.1) is 20.8 Å². The third-order valence-electron chi connectivity index (χ3n) is 5.55. The van der Waals surface area contributed by atoms with Crippen LogP contribution in [0.3, 0.4) is 0 Å². The van der Waals surface area contributed by atoms with Gasteiger partial charge in [-0.05, 0) is 62.2 Å². The van der Waals surface area contributed by atoms with Crippen LogP contribution >= 0.6 is 0 Å². The zero-order valence-corrected chi connectivity index (χ0v) is 17.9. The molecule has 1 N–H and O–H groups in total. The Morgan fingerprint density at radius 1 is 0.967 bits per heavy atom. The van der Waals surface area contributed by atoms with E-state index in [9.17, 15) is 4.79 Å². The van der Waals surface area contributed by atoms with Crippen molar-refractivity contribution in [2.24, 2.45) is 0 Å². The zero-order chi connectivity index (χ0) is 21.1. The maximum absolute atomic E-state index is 12.8. The number of anilines is 2. The standard InChI is InChI=1S/C24H29N5O/c1-18-6-4-9-23(14-18)27-10-12-28(13-11-27)24(30)25-22-8-5-7-21(16-22)17-29-20(3)15-19(2)26-29/h4-9,14-16H,10-13,17H2,1-3H3,(H,25,30). The highest BCUT2D eigenvalue weighted by Crippen LogP contribution is 2.19. The zero-order valence-electron chi connectivity index (χ0n) is 17.9. The molecule has 1 aliphatic heterocycles. The van der Waals surface area contributed by atoms with Crippen molar-refractivity contribution in [2.45, 2.75) is 27.3 Å². The number of aromatic nitrogens is 2. The molecule has 1 fully saturated rings. The van der Waals surface area contributed by atoms with Crippen molar-refractivity contribution in [2.75, 3.05) is 36.4 Å². The van der Waals surface area contributed by atoms with Crippen LogP contribution in [0.15, 0.2) is 54.6 Å². The lowest BCUT2D eigenvalue weighted by molar-refractivity contribution is 0.208. The second kappa shape index (κ2) is 8.61. The average Bonchev–Trinajstić information content (AvgIpc) is 3.05. The molecule has 156 valence electrons. The minimum Gasteiger partial charge on any atom is -0.368 e. The predicted molar refractivity (Wildman–Crippen MR) is 121 cm³/mol. The van der Waals surface area contributed by atoms with E-state index in [1.807, 2.05) is 34.7 Å². The van der Waals surface area contributed by atoms with E-state index >= 15 is 0 Å². The van der Waals surface area contributed by atoms with Crippen LogP contribution in [-0.2, 0) is 6.54 Å². The van der Waals surface area contributed by atoms with Crippen molar-refractivity contribution in [3.05, 3.63) is 77.1 Å². The maximum Gasteiger partial charge on any atom is 0.321 e. The fraction of sp³-hybridized carbons (Fsp3) is 0.333. The molecule has 0 spiro atoms. The smallest absolute Gasteiger partial charge is 0.321 e. The van der Waals surface area contributed by atoms with Gasteiger partial charge in [0.1, 0.15) is 0 Å². The Kier molecular flexibility index (Phi) is 5.74. The van der Waals surface area contributed by atoms with Gasteiger partial charge in [-0.1, -0.05) is 24.3 Å². The quantitative estimate of drug-likeness (QED) is 0.710. The second-order valence-electron chi connectivity index (χ2n) is 8.03. The van der Waals surface area contributed by atoms with Gasteiger partial charge in [0.15, 0.2) is 0 Å². The third-order valence-corrected chi connectivity index (χ3v) is 5.55. The van der Waals surface area contributed by atoms with Gasteiger partial charge in [-0.15, -0.1) is 0 Å². The molecule has 0 bridgehead atoms. The molecule has 1 aromatic heterocycles. The maximum atomic E-state index is 12.8. The van der Waals surface area contributed by atoms with Gasteiger partial charge >= 0.3 is 6.03 Å². The summed E-state index contributed by atoms with van der Waals surface area (Å²) >= 11 is 0. The number of rotatable bonds is 4. The molecule has 0 aliphatic carbocycles. The van der Waals surface area contributed by atoms with E-state index in [0.717, 1.165) is 35.7 Å². The molecule has 1 saturated heterocycles. The number of hydrogen-bond acceptors (Lipinski definition) is 3. The molecule has 2 amide bonds. The molecular weight excluding hydrogens is 374 g/mol. The SMILES string of the molecule is Cc1cccc(N2CCN(C(=O)Nc3cccc(Cn4nc(C)cc4C)c3)CC2)c1. The molecule has 0 radical (unpaired) electrons. The summed E-state index contributed by atoms with van der Waals surface area (Å²) in [5, 5.41) is 7.58. The highest BCUT2D eigenvalue weighted by atomic mass is 16.2. The minimum atomic E-state index is -0.0397. The number of carbonyl (C=O) groups is 1. The Hall–Kier alpha value is -3.28. The summed E-state index contributed by atoms with van der Waals surface area (Å²) < 4.78 is 1.99. The van der Waals surface area contributed by atoms with Crippen LogP contribution in [0.2, 0.25) is 0 Å². The molecule has 6 nitrogen and oxygen atoms in total. The van der Waals surface area contributed by atoms with E-state index < -0.39 is 0 Å². The molecule has 1 aliphatic rings. The Labute approximate surface area is 178 Å². The fourth-order valence-corrected chi connectivity index (χ4v) is 3.95. The summed E-state index contributed by atoms with van der Waals surface area (Å²) in [6.45, 7) is 9.97. The normalized spacial score (nSPS) is 14.1.